The fraction of sp³-hybridized carbons (Fsp3) is 0.250. The molecule has 0 bridgehead atoms. The van der Waals surface area contributed by atoms with E-state index in [2.05, 4.69) is 31.0 Å². The lowest BCUT2D eigenvalue weighted by atomic mass is 9.99. The Morgan fingerprint density at radius 1 is 0.881 bits per heavy atom. The summed E-state index contributed by atoms with van der Waals surface area (Å²) < 4.78 is 41.5. The summed E-state index contributed by atoms with van der Waals surface area (Å²) in [6.45, 7) is 0.353. The van der Waals surface area contributed by atoms with E-state index in [4.69, 9.17) is 11.6 Å². The van der Waals surface area contributed by atoms with Crippen LogP contribution in [0, 0.1) is 0 Å². The number of pyridine rings is 1. The second kappa shape index (κ2) is 15.4. The monoisotopic (exact) mass is 605 g/mol. The molecule has 0 aliphatic carbocycles. The maximum absolute atomic E-state index is 12.6. The number of amides is 3. The van der Waals surface area contributed by atoms with Gasteiger partial charge in [-0.3, -0.25) is 9.59 Å². The molecule has 0 saturated carbocycles. The first-order chi connectivity index (χ1) is 20.0. The Labute approximate surface area is 244 Å². The second-order valence-electron chi connectivity index (χ2n) is 8.82. The number of anilines is 1. The third-order valence-electron chi connectivity index (χ3n) is 5.65. The van der Waals surface area contributed by atoms with Gasteiger partial charge in [0.25, 0.3) is 0 Å². The number of nitrogens with zero attached hydrogens (tertiary/aromatic N) is 1. The van der Waals surface area contributed by atoms with Crippen LogP contribution in [0.15, 0.2) is 72.9 Å². The zero-order valence-corrected chi connectivity index (χ0v) is 22.8. The Kier molecular flexibility index (Phi) is 11.7. The summed E-state index contributed by atoms with van der Waals surface area (Å²) in [5.41, 5.74) is 1.94. The standard InChI is InChI=1S/C28H27ClF3N5O5/c29-21-11-9-19(10-12-21)18-5-7-20(8-6-18)22(16-25(39)42-26(40)28(30,31)32)37-24(38)17-36-27(41)35-15-3-14-34-23-4-1-2-13-33-23/h1-2,4-13,22H,3,14-17H2,(H,33,34)(H,37,38)(H2,35,36,41). The lowest BCUT2D eigenvalue weighted by molar-refractivity contribution is -0.202. The average molecular weight is 606 g/mol. The van der Waals surface area contributed by atoms with Crippen LogP contribution in [0.4, 0.5) is 23.8 Å². The van der Waals surface area contributed by atoms with Crippen molar-refractivity contribution < 1.29 is 37.1 Å². The zero-order chi connectivity index (χ0) is 30.5. The molecule has 0 aliphatic rings. The van der Waals surface area contributed by atoms with E-state index in [-0.39, 0.29) is 0 Å². The predicted molar refractivity (Wildman–Crippen MR) is 148 cm³/mol. The summed E-state index contributed by atoms with van der Waals surface area (Å²) in [4.78, 5) is 52.0. The molecule has 3 aromatic rings. The van der Waals surface area contributed by atoms with Crippen molar-refractivity contribution in [3.8, 4) is 11.1 Å². The number of ether oxygens (including phenoxy) is 1. The maximum Gasteiger partial charge on any atom is 0.491 e. The second-order valence-corrected chi connectivity index (χ2v) is 9.25. The molecule has 222 valence electrons. The Morgan fingerprint density at radius 2 is 1.55 bits per heavy atom. The Hall–Kier alpha value is -4.65. The van der Waals surface area contributed by atoms with E-state index in [1.807, 2.05) is 6.07 Å². The summed E-state index contributed by atoms with van der Waals surface area (Å²) in [6, 6.07) is 17.1. The fourth-order valence-corrected chi connectivity index (χ4v) is 3.74. The Morgan fingerprint density at radius 3 is 2.17 bits per heavy atom. The number of hydrogen-bond acceptors (Lipinski definition) is 7. The molecule has 10 nitrogen and oxygen atoms in total. The van der Waals surface area contributed by atoms with Gasteiger partial charge in [-0.25, -0.2) is 14.6 Å². The van der Waals surface area contributed by atoms with E-state index in [0.29, 0.717) is 35.9 Å². The molecule has 0 fully saturated rings. The molecule has 0 spiro atoms. The minimum Gasteiger partial charge on any atom is -0.386 e. The molecule has 3 amide bonds. The first-order valence-corrected chi connectivity index (χ1v) is 13.0. The van der Waals surface area contributed by atoms with Crippen LogP contribution >= 0.6 is 11.6 Å². The highest BCUT2D eigenvalue weighted by molar-refractivity contribution is 6.30. The summed E-state index contributed by atoms with van der Waals surface area (Å²) in [5, 5.41) is 11.1. The number of urea groups is 1. The summed E-state index contributed by atoms with van der Waals surface area (Å²) in [6.07, 6.45) is -3.92. The highest BCUT2D eigenvalue weighted by Gasteiger charge is 2.42. The molecule has 1 heterocycles. The predicted octanol–water partition coefficient (Wildman–Crippen LogP) is 4.38. The summed E-state index contributed by atoms with van der Waals surface area (Å²) in [7, 11) is 0. The number of hydrogen-bond donors (Lipinski definition) is 4. The van der Waals surface area contributed by atoms with Crippen LogP contribution < -0.4 is 21.3 Å². The number of carbonyl (C=O) groups is 4. The SMILES string of the molecule is O=C(CNC(=O)NCCCNc1ccccn1)NC(CC(=O)OC(=O)C(F)(F)F)c1ccc(-c2ccc(Cl)cc2)cc1. The van der Waals surface area contributed by atoms with Gasteiger partial charge in [0.1, 0.15) is 5.82 Å². The highest BCUT2D eigenvalue weighted by Crippen LogP contribution is 2.25. The molecule has 1 atom stereocenters. The van der Waals surface area contributed by atoms with Crippen LogP contribution in [0.5, 0.6) is 0 Å². The van der Waals surface area contributed by atoms with Crippen molar-refractivity contribution in [1.82, 2.24) is 20.9 Å². The van der Waals surface area contributed by atoms with Gasteiger partial charge in [0.2, 0.25) is 5.91 Å². The number of alkyl halides is 3. The van der Waals surface area contributed by atoms with Crippen molar-refractivity contribution >= 4 is 41.3 Å². The van der Waals surface area contributed by atoms with Crippen molar-refractivity contribution in [3.05, 3.63) is 83.5 Å². The quantitative estimate of drug-likeness (QED) is 0.136. The van der Waals surface area contributed by atoms with Gasteiger partial charge in [-0.1, -0.05) is 54.1 Å². The van der Waals surface area contributed by atoms with Crippen molar-refractivity contribution in [2.75, 3.05) is 25.0 Å². The lowest BCUT2D eigenvalue weighted by Gasteiger charge is -2.19. The van der Waals surface area contributed by atoms with Gasteiger partial charge in [-0.2, -0.15) is 13.2 Å². The fourth-order valence-electron chi connectivity index (χ4n) is 3.61. The largest absolute Gasteiger partial charge is 0.491 e. The third kappa shape index (κ3) is 10.7. The molecular weight excluding hydrogens is 579 g/mol. The summed E-state index contributed by atoms with van der Waals surface area (Å²) >= 11 is 5.92. The van der Waals surface area contributed by atoms with E-state index in [1.165, 1.54) is 0 Å². The van der Waals surface area contributed by atoms with Crippen molar-refractivity contribution in [2.45, 2.75) is 25.1 Å². The molecule has 4 N–H and O–H groups in total. The van der Waals surface area contributed by atoms with Crippen LogP contribution in [0.2, 0.25) is 5.02 Å². The minimum atomic E-state index is -5.36. The maximum atomic E-state index is 12.6. The molecule has 3 rings (SSSR count). The number of carbonyl (C=O) groups excluding carboxylic acids is 4. The summed E-state index contributed by atoms with van der Waals surface area (Å²) in [5.74, 6) is -4.19. The van der Waals surface area contributed by atoms with Crippen molar-refractivity contribution in [1.29, 1.82) is 0 Å². The molecule has 1 aromatic heterocycles. The van der Waals surface area contributed by atoms with Gasteiger partial charge in [0.05, 0.1) is 19.0 Å². The topological polar surface area (TPSA) is 139 Å². The molecule has 2 aromatic carbocycles. The van der Waals surface area contributed by atoms with E-state index in [0.717, 1.165) is 11.1 Å². The van der Waals surface area contributed by atoms with Crippen LogP contribution in [-0.4, -0.2) is 54.7 Å². The van der Waals surface area contributed by atoms with Crippen LogP contribution in [0.1, 0.15) is 24.4 Å². The van der Waals surface area contributed by atoms with Crippen molar-refractivity contribution in [3.63, 3.8) is 0 Å². The van der Waals surface area contributed by atoms with E-state index < -0.39 is 49.1 Å². The van der Waals surface area contributed by atoms with Crippen LogP contribution in [0.25, 0.3) is 11.1 Å². The molecule has 0 radical (unpaired) electrons. The third-order valence-corrected chi connectivity index (χ3v) is 5.91. The molecule has 14 heteroatoms. The number of aromatic nitrogens is 1. The molecule has 42 heavy (non-hydrogen) atoms. The van der Waals surface area contributed by atoms with Gasteiger partial charge in [0.15, 0.2) is 0 Å². The van der Waals surface area contributed by atoms with E-state index >= 15 is 0 Å². The Bertz CT molecular complexity index is 1360. The molecule has 0 saturated heterocycles. The van der Waals surface area contributed by atoms with Crippen LogP contribution in [0.3, 0.4) is 0 Å². The molecular formula is C28H27ClF3N5O5. The molecule has 1 unspecified atom stereocenters. The Balaban J connectivity index is 1.55. The van der Waals surface area contributed by atoms with Gasteiger partial charge >= 0.3 is 24.1 Å². The molecule has 0 aliphatic heterocycles. The zero-order valence-electron chi connectivity index (χ0n) is 22.0. The normalized spacial score (nSPS) is 11.6. The average Bonchev–Trinajstić information content (AvgIpc) is 2.96. The highest BCUT2D eigenvalue weighted by atomic mass is 35.5. The van der Waals surface area contributed by atoms with Gasteiger partial charge < -0.3 is 26.0 Å². The van der Waals surface area contributed by atoms with E-state index in [1.54, 1.807) is 66.9 Å². The number of nitrogens with one attached hydrogen (secondary N) is 4. The van der Waals surface area contributed by atoms with Gasteiger partial charge in [0, 0.05) is 24.3 Å². The number of rotatable bonds is 12. The number of esters is 2. The van der Waals surface area contributed by atoms with E-state index in [9.17, 15) is 32.3 Å². The first kappa shape index (κ1) is 31.9. The minimum absolute atomic E-state index is 0.301. The van der Waals surface area contributed by atoms with Gasteiger partial charge in [-0.15, -0.1) is 0 Å². The first-order valence-electron chi connectivity index (χ1n) is 12.6. The van der Waals surface area contributed by atoms with Crippen LogP contribution in [-0.2, 0) is 19.1 Å². The van der Waals surface area contributed by atoms with Gasteiger partial charge in [-0.05, 0) is 47.4 Å². The number of benzene rings is 2. The lowest BCUT2D eigenvalue weighted by Crippen LogP contribution is -2.43. The number of halogens is 4. The smallest absolute Gasteiger partial charge is 0.386 e. The van der Waals surface area contributed by atoms with Crippen molar-refractivity contribution in [2.24, 2.45) is 0 Å².